The first-order chi connectivity index (χ1) is 6.95. The van der Waals surface area contributed by atoms with Crippen LogP contribution in [0.15, 0.2) is 0 Å². The Morgan fingerprint density at radius 1 is 1.00 bits per heavy atom. The zero-order valence-electron chi connectivity index (χ0n) is 9.30. The third kappa shape index (κ3) is 3.25. The van der Waals surface area contributed by atoms with Gasteiger partial charge < -0.3 is 10.2 Å². The van der Waals surface area contributed by atoms with Crippen LogP contribution in [0.25, 0.3) is 0 Å². The van der Waals surface area contributed by atoms with Gasteiger partial charge in [-0.25, -0.2) is 0 Å². The van der Waals surface area contributed by atoms with Crippen LogP contribution in [0.3, 0.4) is 0 Å². The lowest BCUT2D eigenvalue weighted by atomic mass is 9.99. The van der Waals surface area contributed by atoms with E-state index in [-0.39, 0.29) is 0 Å². The molecule has 2 fully saturated rings. The molecule has 0 aromatic carbocycles. The van der Waals surface area contributed by atoms with Gasteiger partial charge in [0.05, 0.1) is 0 Å². The number of nitrogens with one attached hydrogen (secondary N) is 1. The van der Waals surface area contributed by atoms with Crippen LogP contribution >= 0.6 is 0 Å². The molecule has 1 N–H and O–H groups in total. The minimum absolute atomic E-state index is 0.932. The SMILES string of the molecule is C1CCCN(C[C@H]2CCCNC2)CC1. The zero-order valence-corrected chi connectivity index (χ0v) is 9.30. The molecule has 82 valence electrons. The van der Waals surface area contributed by atoms with E-state index in [9.17, 15) is 0 Å². The summed E-state index contributed by atoms with van der Waals surface area (Å²) in [6, 6.07) is 0. The van der Waals surface area contributed by atoms with Gasteiger partial charge in [0.15, 0.2) is 0 Å². The van der Waals surface area contributed by atoms with E-state index in [0.29, 0.717) is 0 Å². The Morgan fingerprint density at radius 3 is 2.43 bits per heavy atom. The van der Waals surface area contributed by atoms with Gasteiger partial charge in [-0.2, -0.15) is 0 Å². The third-order valence-electron chi connectivity index (χ3n) is 3.61. The lowest BCUT2D eigenvalue weighted by molar-refractivity contribution is 0.214. The van der Waals surface area contributed by atoms with Gasteiger partial charge in [0.25, 0.3) is 0 Å². The van der Waals surface area contributed by atoms with E-state index in [2.05, 4.69) is 10.2 Å². The molecule has 0 aromatic rings. The molecule has 0 bridgehead atoms. The Morgan fingerprint density at radius 2 is 1.79 bits per heavy atom. The second-order valence-electron chi connectivity index (χ2n) is 4.93. The first-order valence-electron chi connectivity index (χ1n) is 6.38. The Kier molecular flexibility index (Phi) is 4.26. The van der Waals surface area contributed by atoms with Crippen molar-refractivity contribution in [3.05, 3.63) is 0 Å². The van der Waals surface area contributed by atoms with Crippen LogP contribution < -0.4 is 5.32 Å². The highest BCUT2D eigenvalue weighted by Crippen LogP contribution is 2.15. The Balaban J connectivity index is 1.71. The fraction of sp³-hybridized carbons (Fsp3) is 1.00. The zero-order chi connectivity index (χ0) is 9.64. The van der Waals surface area contributed by atoms with Crippen LogP contribution in [0, 0.1) is 5.92 Å². The minimum Gasteiger partial charge on any atom is -0.316 e. The highest BCUT2D eigenvalue weighted by molar-refractivity contribution is 4.74. The summed E-state index contributed by atoms with van der Waals surface area (Å²) < 4.78 is 0. The molecule has 2 saturated heterocycles. The number of nitrogens with zero attached hydrogens (tertiary/aromatic N) is 1. The number of rotatable bonds is 2. The van der Waals surface area contributed by atoms with Crippen LogP contribution in [-0.4, -0.2) is 37.6 Å². The van der Waals surface area contributed by atoms with Gasteiger partial charge in [0, 0.05) is 6.54 Å². The van der Waals surface area contributed by atoms with Gasteiger partial charge in [-0.3, -0.25) is 0 Å². The molecule has 0 unspecified atom stereocenters. The maximum Gasteiger partial charge on any atom is 0.00218 e. The van der Waals surface area contributed by atoms with Crippen molar-refractivity contribution >= 4 is 0 Å². The van der Waals surface area contributed by atoms with Gasteiger partial charge in [-0.1, -0.05) is 12.8 Å². The highest BCUT2D eigenvalue weighted by atomic mass is 15.1. The predicted octanol–water partition coefficient (Wildman–Crippen LogP) is 1.86. The van der Waals surface area contributed by atoms with Crippen LogP contribution in [0.1, 0.15) is 38.5 Å². The molecule has 0 aromatic heterocycles. The molecule has 0 spiro atoms. The topological polar surface area (TPSA) is 15.3 Å². The van der Waals surface area contributed by atoms with Gasteiger partial charge in [0.1, 0.15) is 0 Å². The standard InChI is InChI=1S/C12H24N2/c1-2-4-9-14(8-3-1)11-12-6-5-7-13-10-12/h12-13H,1-11H2/t12-/m0/s1. The fourth-order valence-electron chi connectivity index (χ4n) is 2.76. The molecule has 2 aliphatic rings. The molecule has 0 saturated carbocycles. The van der Waals surface area contributed by atoms with E-state index in [1.54, 1.807) is 0 Å². The largest absolute Gasteiger partial charge is 0.316 e. The van der Waals surface area contributed by atoms with Gasteiger partial charge >= 0.3 is 0 Å². The predicted molar refractivity (Wildman–Crippen MR) is 60.5 cm³/mol. The molecule has 2 rings (SSSR count). The van der Waals surface area contributed by atoms with Crippen LogP contribution in [-0.2, 0) is 0 Å². The smallest absolute Gasteiger partial charge is 0.00218 e. The molecule has 14 heavy (non-hydrogen) atoms. The molecule has 0 aliphatic carbocycles. The average molecular weight is 196 g/mol. The first-order valence-corrected chi connectivity index (χ1v) is 6.38. The summed E-state index contributed by atoms with van der Waals surface area (Å²) in [7, 11) is 0. The summed E-state index contributed by atoms with van der Waals surface area (Å²) in [6.45, 7) is 6.58. The molecule has 2 aliphatic heterocycles. The molecule has 2 nitrogen and oxygen atoms in total. The van der Waals surface area contributed by atoms with E-state index in [0.717, 1.165) is 5.92 Å². The number of hydrogen-bond donors (Lipinski definition) is 1. The van der Waals surface area contributed by atoms with Crippen molar-refractivity contribution in [1.29, 1.82) is 0 Å². The Labute approximate surface area is 88.1 Å². The summed E-state index contributed by atoms with van der Waals surface area (Å²) in [5.41, 5.74) is 0. The number of likely N-dealkylation sites (tertiary alicyclic amines) is 1. The van der Waals surface area contributed by atoms with Crippen molar-refractivity contribution in [2.45, 2.75) is 38.5 Å². The highest BCUT2D eigenvalue weighted by Gasteiger charge is 2.17. The van der Waals surface area contributed by atoms with Crippen molar-refractivity contribution < 1.29 is 0 Å². The van der Waals surface area contributed by atoms with E-state index in [1.165, 1.54) is 71.2 Å². The van der Waals surface area contributed by atoms with Crippen LogP contribution in [0.2, 0.25) is 0 Å². The summed E-state index contributed by atoms with van der Waals surface area (Å²) in [5, 5.41) is 3.51. The quantitative estimate of drug-likeness (QED) is 0.725. The molecular formula is C12H24N2. The van der Waals surface area contributed by atoms with Gasteiger partial charge in [-0.15, -0.1) is 0 Å². The van der Waals surface area contributed by atoms with Crippen molar-refractivity contribution in [3.8, 4) is 0 Å². The maximum absolute atomic E-state index is 3.51. The van der Waals surface area contributed by atoms with Gasteiger partial charge in [-0.05, 0) is 57.8 Å². The van der Waals surface area contributed by atoms with Crippen LogP contribution in [0.5, 0.6) is 0 Å². The molecule has 0 amide bonds. The first kappa shape index (κ1) is 10.4. The molecule has 2 heterocycles. The van der Waals surface area contributed by atoms with Crippen molar-refractivity contribution in [2.24, 2.45) is 5.92 Å². The summed E-state index contributed by atoms with van der Waals surface area (Å²) >= 11 is 0. The number of piperidine rings is 1. The normalized spacial score (nSPS) is 31.3. The monoisotopic (exact) mass is 196 g/mol. The molecule has 1 atom stereocenters. The van der Waals surface area contributed by atoms with E-state index in [1.807, 2.05) is 0 Å². The summed E-state index contributed by atoms with van der Waals surface area (Å²) in [5.74, 6) is 0.932. The number of hydrogen-bond acceptors (Lipinski definition) is 2. The third-order valence-corrected chi connectivity index (χ3v) is 3.61. The van der Waals surface area contributed by atoms with E-state index in [4.69, 9.17) is 0 Å². The van der Waals surface area contributed by atoms with Crippen molar-refractivity contribution in [3.63, 3.8) is 0 Å². The summed E-state index contributed by atoms with van der Waals surface area (Å²) in [6.07, 6.45) is 8.61. The van der Waals surface area contributed by atoms with Crippen molar-refractivity contribution in [2.75, 3.05) is 32.7 Å². The lowest BCUT2D eigenvalue weighted by Crippen LogP contribution is -2.38. The van der Waals surface area contributed by atoms with Crippen molar-refractivity contribution in [1.82, 2.24) is 10.2 Å². The van der Waals surface area contributed by atoms with Gasteiger partial charge in [0.2, 0.25) is 0 Å². The lowest BCUT2D eigenvalue weighted by Gasteiger charge is -2.29. The maximum atomic E-state index is 3.51. The molecule has 0 radical (unpaired) electrons. The van der Waals surface area contributed by atoms with E-state index < -0.39 is 0 Å². The summed E-state index contributed by atoms with van der Waals surface area (Å²) in [4.78, 5) is 2.70. The minimum atomic E-state index is 0.932. The fourth-order valence-corrected chi connectivity index (χ4v) is 2.76. The van der Waals surface area contributed by atoms with Crippen LogP contribution in [0.4, 0.5) is 0 Å². The second kappa shape index (κ2) is 5.72. The second-order valence-corrected chi connectivity index (χ2v) is 4.93. The molecule has 2 heteroatoms. The van der Waals surface area contributed by atoms with E-state index >= 15 is 0 Å². The average Bonchev–Trinajstić information content (AvgIpc) is 2.48. The Hall–Kier alpha value is -0.0800. The molecular weight excluding hydrogens is 172 g/mol. The Bertz CT molecular complexity index is 144.